The molecule has 0 bridgehead atoms. The molecule has 0 saturated carbocycles. The number of tetrazole rings is 1. The van der Waals surface area contributed by atoms with Crippen molar-refractivity contribution in [3.05, 3.63) is 33.5 Å². The maximum absolute atomic E-state index is 5.93. The molecule has 1 heterocycles. The van der Waals surface area contributed by atoms with Crippen LogP contribution in [-0.4, -0.2) is 20.2 Å². The molecule has 7 heteroatoms. The van der Waals surface area contributed by atoms with Crippen molar-refractivity contribution in [3.63, 3.8) is 0 Å². The molecule has 72 valence electrons. The van der Waals surface area contributed by atoms with Crippen molar-refractivity contribution < 1.29 is 0 Å². The van der Waals surface area contributed by atoms with Crippen LogP contribution in [0.4, 0.5) is 0 Å². The first-order chi connectivity index (χ1) is 6.68. The van der Waals surface area contributed by atoms with E-state index in [9.17, 15) is 0 Å². The van der Waals surface area contributed by atoms with E-state index >= 15 is 0 Å². The van der Waals surface area contributed by atoms with Crippen LogP contribution < -0.4 is 0 Å². The zero-order chi connectivity index (χ0) is 10.1. The second-order valence-corrected chi connectivity index (χ2v) is 3.64. The normalized spacial score (nSPS) is 10.5. The van der Waals surface area contributed by atoms with Crippen LogP contribution in [0.3, 0.4) is 0 Å². The maximum Gasteiger partial charge on any atom is 0.248 e. The molecule has 0 aliphatic heterocycles. The van der Waals surface area contributed by atoms with Crippen LogP contribution in [0, 0.1) is 0 Å². The minimum atomic E-state index is 0.133. The van der Waals surface area contributed by atoms with E-state index in [0.717, 1.165) is 0 Å². The molecule has 1 aromatic carbocycles. The van der Waals surface area contributed by atoms with Gasteiger partial charge in [0.2, 0.25) is 5.28 Å². The summed E-state index contributed by atoms with van der Waals surface area (Å²) in [6.45, 7) is 0. The standard InChI is InChI=1S/C7H3Cl3N4/c8-4-1-2-5(9)6(3-4)14-7(10)11-12-13-14/h1-3H. The molecule has 0 aliphatic carbocycles. The Kier molecular flexibility index (Phi) is 2.58. The van der Waals surface area contributed by atoms with Gasteiger partial charge in [-0.3, -0.25) is 0 Å². The molecule has 0 spiro atoms. The Morgan fingerprint density at radius 2 is 1.93 bits per heavy atom. The third-order valence-electron chi connectivity index (χ3n) is 1.57. The van der Waals surface area contributed by atoms with Crippen molar-refractivity contribution in [1.82, 2.24) is 20.2 Å². The van der Waals surface area contributed by atoms with Crippen molar-refractivity contribution in [1.29, 1.82) is 0 Å². The van der Waals surface area contributed by atoms with Crippen LogP contribution >= 0.6 is 34.8 Å². The minimum Gasteiger partial charge on any atom is -0.182 e. The average Bonchev–Trinajstić information content (AvgIpc) is 2.56. The number of halogens is 3. The van der Waals surface area contributed by atoms with Crippen LogP contribution in [0.25, 0.3) is 5.69 Å². The predicted octanol–water partition coefficient (Wildman–Crippen LogP) is 2.62. The molecule has 0 N–H and O–H groups in total. The zero-order valence-corrected chi connectivity index (χ0v) is 8.92. The molecule has 2 aromatic rings. The van der Waals surface area contributed by atoms with Crippen LogP contribution in [0.2, 0.25) is 15.3 Å². The van der Waals surface area contributed by atoms with Crippen molar-refractivity contribution in [2.24, 2.45) is 0 Å². The molecule has 0 aliphatic rings. The van der Waals surface area contributed by atoms with Crippen molar-refractivity contribution >= 4 is 34.8 Å². The smallest absolute Gasteiger partial charge is 0.182 e. The highest BCUT2D eigenvalue weighted by Crippen LogP contribution is 2.24. The van der Waals surface area contributed by atoms with Crippen LogP contribution in [0.15, 0.2) is 18.2 Å². The van der Waals surface area contributed by atoms with Gasteiger partial charge in [0.15, 0.2) is 0 Å². The van der Waals surface area contributed by atoms with Crippen LogP contribution in [0.1, 0.15) is 0 Å². The Bertz CT molecular complexity index is 468. The van der Waals surface area contributed by atoms with E-state index in [1.54, 1.807) is 18.2 Å². The predicted molar refractivity (Wildman–Crippen MR) is 54.2 cm³/mol. The summed E-state index contributed by atoms with van der Waals surface area (Å²) in [5.74, 6) is 0. The van der Waals surface area contributed by atoms with Crippen LogP contribution in [0.5, 0.6) is 0 Å². The lowest BCUT2D eigenvalue weighted by Gasteiger charge is -2.03. The summed E-state index contributed by atoms with van der Waals surface area (Å²) in [7, 11) is 0. The van der Waals surface area contributed by atoms with E-state index in [2.05, 4.69) is 15.5 Å². The molecule has 2 rings (SSSR count). The molecule has 0 fully saturated rings. The summed E-state index contributed by atoms with van der Waals surface area (Å²) in [4.78, 5) is 0. The van der Waals surface area contributed by atoms with Gasteiger partial charge in [0.1, 0.15) is 0 Å². The first kappa shape index (κ1) is 9.71. The minimum absolute atomic E-state index is 0.133. The quantitative estimate of drug-likeness (QED) is 0.780. The van der Waals surface area contributed by atoms with Crippen LogP contribution in [-0.2, 0) is 0 Å². The van der Waals surface area contributed by atoms with E-state index in [1.807, 2.05) is 0 Å². The van der Waals surface area contributed by atoms with Crippen molar-refractivity contribution in [3.8, 4) is 5.69 Å². The summed E-state index contributed by atoms with van der Waals surface area (Å²) in [6, 6.07) is 4.95. The van der Waals surface area contributed by atoms with Gasteiger partial charge in [-0.1, -0.05) is 28.3 Å². The summed E-state index contributed by atoms with van der Waals surface area (Å²) in [6.07, 6.45) is 0. The largest absolute Gasteiger partial charge is 0.248 e. The second kappa shape index (κ2) is 3.73. The Labute approximate surface area is 94.4 Å². The van der Waals surface area contributed by atoms with E-state index in [1.165, 1.54) is 4.68 Å². The first-order valence-electron chi connectivity index (χ1n) is 3.58. The Hall–Kier alpha value is -0.840. The third-order valence-corrected chi connectivity index (χ3v) is 2.36. The third kappa shape index (κ3) is 1.68. The number of hydrogen-bond acceptors (Lipinski definition) is 3. The molecule has 0 amide bonds. The Morgan fingerprint density at radius 3 is 2.57 bits per heavy atom. The molecule has 14 heavy (non-hydrogen) atoms. The lowest BCUT2D eigenvalue weighted by Crippen LogP contribution is -1.97. The van der Waals surface area contributed by atoms with Crippen molar-refractivity contribution in [2.45, 2.75) is 0 Å². The zero-order valence-electron chi connectivity index (χ0n) is 6.65. The SMILES string of the molecule is Clc1ccc(Cl)c(-n2nnnc2Cl)c1. The number of rotatable bonds is 1. The highest BCUT2D eigenvalue weighted by molar-refractivity contribution is 6.34. The van der Waals surface area contributed by atoms with E-state index < -0.39 is 0 Å². The summed E-state index contributed by atoms with van der Waals surface area (Å²) >= 11 is 17.5. The molecule has 4 nitrogen and oxygen atoms in total. The van der Waals surface area contributed by atoms with Gasteiger partial charge in [-0.2, -0.15) is 4.68 Å². The number of aromatic nitrogens is 4. The van der Waals surface area contributed by atoms with Gasteiger partial charge in [0.05, 0.1) is 10.7 Å². The monoisotopic (exact) mass is 248 g/mol. The fraction of sp³-hybridized carbons (Fsp3) is 0. The number of nitrogens with zero attached hydrogens (tertiary/aromatic N) is 4. The van der Waals surface area contributed by atoms with E-state index in [-0.39, 0.29) is 5.28 Å². The topological polar surface area (TPSA) is 43.6 Å². The molecular weight excluding hydrogens is 246 g/mol. The van der Waals surface area contributed by atoms with Gasteiger partial charge in [-0.05, 0) is 40.2 Å². The fourth-order valence-electron chi connectivity index (χ4n) is 0.972. The van der Waals surface area contributed by atoms with E-state index in [4.69, 9.17) is 34.8 Å². The second-order valence-electron chi connectivity index (χ2n) is 2.46. The average molecular weight is 249 g/mol. The molecule has 0 atom stereocenters. The molecule has 0 radical (unpaired) electrons. The van der Waals surface area contributed by atoms with Gasteiger partial charge < -0.3 is 0 Å². The summed E-state index contributed by atoms with van der Waals surface area (Å²) in [5.41, 5.74) is 0.550. The molecule has 0 unspecified atom stereocenters. The summed E-state index contributed by atoms with van der Waals surface area (Å²) < 4.78 is 1.30. The van der Waals surface area contributed by atoms with Gasteiger partial charge in [0, 0.05) is 5.02 Å². The van der Waals surface area contributed by atoms with Gasteiger partial charge in [-0.15, -0.1) is 0 Å². The van der Waals surface area contributed by atoms with Gasteiger partial charge >= 0.3 is 0 Å². The molecule has 1 aromatic heterocycles. The van der Waals surface area contributed by atoms with Crippen molar-refractivity contribution in [2.75, 3.05) is 0 Å². The van der Waals surface area contributed by atoms with Gasteiger partial charge in [-0.25, -0.2) is 0 Å². The Balaban J connectivity index is 2.62. The summed E-state index contributed by atoms with van der Waals surface area (Å²) in [5, 5.41) is 11.7. The Morgan fingerprint density at radius 1 is 1.14 bits per heavy atom. The first-order valence-corrected chi connectivity index (χ1v) is 4.71. The highest BCUT2D eigenvalue weighted by atomic mass is 35.5. The lowest BCUT2D eigenvalue weighted by molar-refractivity contribution is 0.789. The van der Waals surface area contributed by atoms with E-state index in [0.29, 0.717) is 15.7 Å². The van der Waals surface area contributed by atoms with Gasteiger partial charge in [0.25, 0.3) is 0 Å². The molecular formula is C7H3Cl3N4. The number of benzene rings is 1. The lowest BCUT2D eigenvalue weighted by atomic mass is 10.3. The highest BCUT2D eigenvalue weighted by Gasteiger charge is 2.09. The maximum atomic E-state index is 5.93. The molecule has 0 saturated heterocycles. The fourth-order valence-corrected chi connectivity index (χ4v) is 1.49. The number of hydrogen-bond donors (Lipinski definition) is 0.